The maximum Gasteiger partial charge on any atom is 0.389 e. The Hall–Kier alpha value is -1.65. The van der Waals surface area contributed by atoms with Gasteiger partial charge in [0, 0.05) is 23.8 Å². The molecule has 144 valence electrons. The van der Waals surface area contributed by atoms with Gasteiger partial charge in [0.15, 0.2) is 0 Å². The van der Waals surface area contributed by atoms with Crippen LogP contribution in [-0.4, -0.2) is 16.9 Å². The molecule has 0 bridgehead atoms. The Kier molecular flexibility index (Phi) is 5.02. The highest BCUT2D eigenvalue weighted by Crippen LogP contribution is 2.54. The molecule has 5 heteroatoms. The summed E-state index contributed by atoms with van der Waals surface area (Å²) in [7, 11) is 0. The molecule has 0 unspecified atom stereocenters. The van der Waals surface area contributed by atoms with Crippen LogP contribution in [0, 0.1) is 5.92 Å². The molecule has 1 heterocycles. The first-order valence-corrected chi connectivity index (χ1v) is 9.34. The summed E-state index contributed by atoms with van der Waals surface area (Å²) in [6.45, 7) is 6.27. The molecule has 1 aliphatic carbocycles. The molecule has 2 atom stereocenters. The van der Waals surface area contributed by atoms with E-state index in [-0.39, 0.29) is 23.7 Å². The van der Waals surface area contributed by atoms with Crippen LogP contribution in [-0.2, 0) is 6.42 Å². The van der Waals surface area contributed by atoms with Crippen molar-refractivity contribution in [3.05, 3.63) is 34.9 Å². The van der Waals surface area contributed by atoms with E-state index < -0.39 is 12.6 Å². The van der Waals surface area contributed by atoms with Gasteiger partial charge in [0.1, 0.15) is 17.1 Å². The molecule has 1 aromatic carbocycles. The Bertz CT molecular complexity index is 704. The zero-order valence-corrected chi connectivity index (χ0v) is 15.6. The predicted molar refractivity (Wildman–Crippen MR) is 95.6 cm³/mol. The topological polar surface area (TPSA) is 29.5 Å². The van der Waals surface area contributed by atoms with E-state index in [9.17, 15) is 18.3 Å². The minimum Gasteiger partial charge on any atom is -0.508 e. The summed E-state index contributed by atoms with van der Waals surface area (Å²) in [6, 6.07) is 3.62. The SMILES string of the molecule is CC1=CC[C@H]2[C@@H](C1)c1c(O)cc(CCCCC(F)(F)F)cc1OC2(C)C. The quantitative estimate of drug-likeness (QED) is 0.501. The first kappa shape index (κ1) is 19.1. The van der Waals surface area contributed by atoms with Gasteiger partial charge in [0.25, 0.3) is 0 Å². The molecule has 3 rings (SSSR count). The standard InChI is InChI=1S/C21H27F3O2/c1-13-7-8-16-15(10-13)19-17(25)11-14(6-4-5-9-21(22,23)24)12-18(19)26-20(16,2)3/h7,11-12,15-16,25H,4-6,8-10H2,1-3H3/t15-,16+/m1/s1. The average Bonchev–Trinajstić information content (AvgIpc) is 2.49. The third-order valence-corrected chi connectivity index (χ3v) is 5.74. The van der Waals surface area contributed by atoms with Crippen LogP contribution in [0.3, 0.4) is 0 Å². The van der Waals surface area contributed by atoms with Crippen LogP contribution in [0.4, 0.5) is 13.2 Å². The minimum atomic E-state index is -4.10. The number of benzene rings is 1. The van der Waals surface area contributed by atoms with Gasteiger partial charge in [-0.05, 0) is 70.6 Å². The number of rotatable bonds is 4. The highest BCUT2D eigenvalue weighted by molar-refractivity contribution is 5.52. The number of aromatic hydroxyl groups is 1. The maximum atomic E-state index is 12.3. The van der Waals surface area contributed by atoms with Crippen molar-refractivity contribution in [1.82, 2.24) is 0 Å². The molecular weight excluding hydrogens is 341 g/mol. The minimum absolute atomic E-state index is 0.0996. The highest BCUT2D eigenvalue weighted by atomic mass is 19.4. The molecule has 26 heavy (non-hydrogen) atoms. The molecule has 0 saturated heterocycles. The van der Waals surface area contributed by atoms with Crippen molar-refractivity contribution in [2.75, 3.05) is 0 Å². The predicted octanol–water partition coefficient (Wildman–Crippen LogP) is 6.28. The number of hydrogen-bond acceptors (Lipinski definition) is 2. The smallest absolute Gasteiger partial charge is 0.389 e. The van der Waals surface area contributed by atoms with Crippen molar-refractivity contribution in [1.29, 1.82) is 0 Å². The van der Waals surface area contributed by atoms with Gasteiger partial charge >= 0.3 is 6.18 Å². The lowest BCUT2D eigenvalue weighted by molar-refractivity contribution is -0.135. The third kappa shape index (κ3) is 4.02. The van der Waals surface area contributed by atoms with Gasteiger partial charge in [-0.25, -0.2) is 0 Å². The van der Waals surface area contributed by atoms with Crippen molar-refractivity contribution in [3.8, 4) is 11.5 Å². The van der Waals surface area contributed by atoms with E-state index in [4.69, 9.17) is 4.74 Å². The van der Waals surface area contributed by atoms with Crippen molar-refractivity contribution in [3.63, 3.8) is 0 Å². The van der Waals surface area contributed by atoms with Gasteiger partial charge in [-0.15, -0.1) is 0 Å². The van der Waals surface area contributed by atoms with Crippen molar-refractivity contribution < 1.29 is 23.0 Å². The second-order valence-electron chi connectivity index (χ2n) is 8.26. The first-order valence-electron chi connectivity index (χ1n) is 9.34. The maximum absolute atomic E-state index is 12.3. The second kappa shape index (κ2) is 6.82. The van der Waals surface area contributed by atoms with Crippen LogP contribution < -0.4 is 4.74 Å². The molecular formula is C21H27F3O2. The fraction of sp³-hybridized carbons (Fsp3) is 0.619. The summed E-state index contributed by atoms with van der Waals surface area (Å²) in [5.74, 6) is 1.44. The van der Waals surface area contributed by atoms with Crippen molar-refractivity contribution in [2.24, 2.45) is 5.92 Å². The van der Waals surface area contributed by atoms with Gasteiger partial charge < -0.3 is 9.84 Å². The van der Waals surface area contributed by atoms with Gasteiger partial charge in [0.05, 0.1) is 0 Å². The van der Waals surface area contributed by atoms with E-state index in [1.807, 2.05) is 6.07 Å². The van der Waals surface area contributed by atoms with Gasteiger partial charge in [-0.2, -0.15) is 13.2 Å². The molecule has 1 aliphatic heterocycles. The fourth-order valence-electron chi connectivity index (χ4n) is 4.42. The molecule has 2 aliphatic rings. The van der Waals surface area contributed by atoms with E-state index >= 15 is 0 Å². The Balaban J connectivity index is 1.81. The van der Waals surface area contributed by atoms with Gasteiger partial charge in [0.2, 0.25) is 0 Å². The first-order chi connectivity index (χ1) is 12.1. The molecule has 0 saturated carbocycles. The summed E-state index contributed by atoms with van der Waals surface area (Å²) >= 11 is 0. The lowest BCUT2D eigenvalue weighted by Gasteiger charge is -2.47. The number of ether oxygens (including phenoxy) is 1. The molecule has 1 N–H and O–H groups in total. The monoisotopic (exact) mass is 368 g/mol. The molecule has 2 nitrogen and oxygen atoms in total. The number of phenolic OH excluding ortho intramolecular Hbond substituents is 1. The highest BCUT2D eigenvalue weighted by Gasteiger charge is 2.45. The van der Waals surface area contributed by atoms with Gasteiger partial charge in [-0.3, -0.25) is 0 Å². The molecule has 0 radical (unpaired) electrons. The lowest BCUT2D eigenvalue weighted by Crippen LogP contribution is -2.45. The number of unbranched alkanes of at least 4 members (excludes halogenated alkanes) is 1. The van der Waals surface area contributed by atoms with E-state index in [0.717, 1.165) is 24.0 Å². The zero-order valence-electron chi connectivity index (χ0n) is 15.6. The van der Waals surface area contributed by atoms with Gasteiger partial charge in [-0.1, -0.05) is 11.6 Å². The summed E-state index contributed by atoms with van der Waals surface area (Å²) in [4.78, 5) is 0. The van der Waals surface area contributed by atoms with Crippen LogP contribution in [0.2, 0.25) is 0 Å². The normalized spacial score (nSPS) is 24.3. The van der Waals surface area contributed by atoms with E-state index in [0.29, 0.717) is 24.5 Å². The largest absolute Gasteiger partial charge is 0.508 e. The zero-order chi connectivity index (χ0) is 19.1. The van der Waals surface area contributed by atoms with Crippen LogP contribution in [0.5, 0.6) is 11.5 Å². The molecule has 1 aromatic rings. The van der Waals surface area contributed by atoms with E-state index in [2.05, 4.69) is 26.8 Å². The summed E-state index contributed by atoms with van der Waals surface area (Å²) in [5, 5.41) is 10.6. The van der Waals surface area contributed by atoms with Crippen LogP contribution in [0.1, 0.15) is 69.9 Å². The fourth-order valence-corrected chi connectivity index (χ4v) is 4.42. The van der Waals surface area contributed by atoms with Crippen LogP contribution >= 0.6 is 0 Å². The second-order valence-corrected chi connectivity index (χ2v) is 8.26. The molecule has 0 amide bonds. The summed E-state index contributed by atoms with van der Waals surface area (Å²) in [5.41, 5.74) is 2.68. The number of aryl methyl sites for hydroxylation is 1. The average molecular weight is 368 g/mol. The van der Waals surface area contributed by atoms with Crippen molar-refractivity contribution >= 4 is 0 Å². The van der Waals surface area contributed by atoms with E-state index in [1.165, 1.54) is 5.57 Å². The Morgan fingerprint density at radius 1 is 1.23 bits per heavy atom. The van der Waals surface area contributed by atoms with Crippen LogP contribution in [0.15, 0.2) is 23.8 Å². The molecule has 0 fully saturated rings. The van der Waals surface area contributed by atoms with E-state index in [1.54, 1.807) is 6.07 Å². The molecule has 0 aromatic heterocycles. The van der Waals surface area contributed by atoms with Crippen LogP contribution in [0.25, 0.3) is 0 Å². The Labute approximate surface area is 153 Å². The Morgan fingerprint density at radius 3 is 2.65 bits per heavy atom. The third-order valence-electron chi connectivity index (χ3n) is 5.74. The molecule has 0 spiro atoms. The summed E-state index contributed by atoms with van der Waals surface area (Å²) < 4.78 is 43.1. The number of alkyl halides is 3. The number of hydrogen-bond donors (Lipinski definition) is 1. The van der Waals surface area contributed by atoms with Crippen molar-refractivity contribution in [2.45, 2.75) is 77.0 Å². The summed E-state index contributed by atoms with van der Waals surface area (Å²) in [6.07, 6.45) is 0.272. The number of phenols is 1. The number of halogens is 3. The number of fused-ring (bicyclic) bond motifs is 3. The Morgan fingerprint density at radius 2 is 1.96 bits per heavy atom. The lowest BCUT2D eigenvalue weighted by atomic mass is 9.67. The number of allylic oxidation sites excluding steroid dienone is 2.